The third-order valence-electron chi connectivity index (χ3n) is 6.84. The lowest BCUT2D eigenvalue weighted by molar-refractivity contribution is -0.148. The normalized spacial score (nSPS) is 26.0. The molecule has 5 heterocycles. The molecule has 0 N–H and O–H groups in total. The Balaban J connectivity index is 1.18. The highest BCUT2D eigenvalue weighted by Gasteiger charge is 2.44. The summed E-state index contributed by atoms with van der Waals surface area (Å²) in [6.45, 7) is 2.39. The number of aryl methyl sites for hydroxylation is 1. The molecule has 2 amide bonds. The average Bonchev–Trinajstić information content (AvgIpc) is 3.16. The molecule has 160 valence electrons. The summed E-state index contributed by atoms with van der Waals surface area (Å²) in [7, 11) is 1.58. The van der Waals surface area contributed by atoms with Crippen LogP contribution in [0, 0.1) is 11.8 Å². The third-order valence-corrected chi connectivity index (χ3v) is 6.84. The molecule has 2 aromatic rings. The summed E-state index contributed by atoms with van der Waals surface area (Å²) in [5.41, 5.74) is 0.674. The first-order chi connectivity index (χ1) is 14.6. The number of likely N-dealkylation sites (tertiary alicyclic amines) is 1. The first-order valence-electron chi connectivity index (χ1n) is 10.9. The zero-order chi connectivity index (χ0) is 20.7. The number of ether oxygens (including phenoxy) is 1. The van der Waals surface area contributed by atoms with Crippen LogP contribution in [0.4, 0.5) is 0 Å². The van der Waals surface area contributed by atoms with Crippen LogP contribution >= 0.6 is 0 Å². The van der Waals surface area contributed by atoms with Gasteiger partial charge < -0.3 is 14.5 Å². The van der Waals surface area contributed by atoms with Gasteiger partial charge >= 0.3 is 0 Å². The maximum absolute atomic E-state index is 12.9. The molecule has 3 aliphatic heterocycles. The zero-order valence-electron chi connectivity index (χ0n) is 17.4. The predicted octanol–water partition coefficient (Wildman–Crippen LogP) is 1.31. The molecule has 9 nitrogen and oxygen atoms in total. The van der Waals surface area contributed by atoms with Crippen LogP contribution < -0.4 is 4.74 Å². The van der Waals surface area contributed by atoms with Gasteiger partial charge in [-0.3, -0.25) is 9.59 Å². The van der Waals surface area contributed by atoms with E-state index in [9.17, 15) is 9.59 Å². The molecule has 0 unspecified atom stereocenters. The van der Waals surface area contributed by atoms with Gasteiger partial charge in [0, 0.05) is 51.0 Å². The van der Waals surface area contributed by atoms with Crippen molar-refractivity contribution in [1.29, 1.82) is 0 Å². The van der Waals surface area contributed by atoms with Crippen LogP contribution in [0.2, 0.25) is 0 Å². The fourth-order valence-electron chi connectivity index (χ4n) is 5.45. The van der Waals surface area contributed by atoms with E-state index in [0.717, 1.165) is 44.7 Å². The maximum Gasteiger partial charge on any atom is 0.231 e. The van der Waals surface area contributed by atoms with Gasteiger partial charge in [-0.15, -0.1) is 15.3 Å². The zero-order valence-corrected chi connectivity index (χ0v) is 17.4. The Morgan fingerprint density at radius 2 is 2.13 bits per heavy atom. The molecule has 30 heavy (non-hydrogen) atoms. The molecule has 2 aromatic heterocycles. The standard InChI is InChI=1S/C21H28N6O3/c1-30-19-9-8-18-23-22-17(27(18)24-19)5-3-6-20(28)25-11-14-10-15(13-25)16-4-2-7-21(29)26(16)12-14/h8-9,14-16H,2-7,10-13H2,1H3/t14-,15-,16+/m0/s1. The number of hydrogen-bond donors (Lipinski definition) is 0. The number of hydrogen-bond acceptors (Lipinski definition) is 6. The molecule has 0 spiro atoms. The van der Waals surface area contributed by atoms with Gasteiger partial charge in [-0.25, -0.2) is 0 Å². The molecule has 0 aromatic carbocycles. The third kappa shape index (κ3) is 3.50. The van der Waals surface area contributed by atoms with E-state index in [1.807, 2.05) is 11.0 Å². The lowest BCUT2D eigenvalue weighted by atomic mass is 9.76. The van der Waals surface area contributed by atoms with Crippen LogP contribution in [-0.2, 0) is 16.0 Å². The Kier molecular flexibility index (Phi) is 5.04. The van der Waals surface area contributed by atoms with Crippen molar-refractivity contribution in [2.45, 2.75) is 51.0 Å². The van der Waals surface area contributed by atoms with Crippen molar-refractivity contribution >= 4 is 17.5 Å². The van der Waals surface area contributed by atoms with Crippen molar-refractivity contribution in [1.82, 2.24) is 29.6 Å². The number of fused-ring (bicyclic) bond motifs is 5. The van der Waals surface area contributed by atoms with E-state index in [4.69, 9.17) is 4.74 Å². The van der Waals surface area contributed by atoms with E-state index in [1.54, 1.807) is 17.7 Å². The van der Waals surface area contributed by atoms with Crippen LogP contribution in [0.3, 0.4) is 0 Å². The number of piperidine rings is 3. The van der Waals surface area contributed by atoms with E-state index in [1.165, 1.54) is 0 Å². The lowest BCUT2D eigenvalue weighted by Crippen LogP contribution is -2.61. The number of methoxy groups -OCH3 is 1. The molecule has 0 saturated carbocycles. The number of aromatic nitrogens is 4. The van der Waals surface area contributed by atoms with Gasteiger partial charge in [-0.05, 0) is 43.6 Å². The SMILES string of the molecule is COc1ccc2nnc(CCCC(=O)N3C[C@@H]4C[C@@H](C3)[C@H]3CCCC(=O)N3C4)n2n1. The number of rotatable bonds is 5. The smallest absolute Gasteiger partial charge is 0.231 e. The van der Waals surface area contributed by atoms with Crippen LogP contribution in [0.15, 0.2) is 12.1 Å². The quantitative estimate of drug-likeness (QED) is 0.735. The highest BCUT2D eigenvalue weighted by atomic mass is 16.5. The Labute approximate surface area is 175 Å². The summed E-state index contributed by atoms with van der Waals surface area (Å²) in [5, 5.41) is 12.7. The van der Waals surface area contributed by atoms with E-state index >= 15 is 0 Å². The Bertz CT molecular complexity index is 959. The van der Waals surface area contributed by atoms with Crippen molar-refractivity contribution in [2.75, 3.05) is 26.7 Å². The largest absolute Gasteiger partial charge is 0.480 e. The molecule has 9 heteroatoms. The first-order valence-corrected chi connectivity index (χ1v) is 10.9. The second-order valence-electron chi connectivity index (χ2n) is 8.78. The molecule has 5 rings (SSSR count). The average molecular weight is 412 g/mol. The van der Waals surface area contributed by atoms with Gasteiger partial charge in [-0.1, -0.05) is 0 Å². The summed E-state index contributed by atoms with van der Waals surface area (Å²) >= 11 is 0. The second-order valence-corrected chi connectivity index (χ2v) is 8.78. The van der Waals surface area contributed by atoms with Crippen molar-refractivity contribution < 1.29 is 14.3 Å². The van der Waals surface area contributed by atoms with Gasteiger partial charge in [0.25, 0.3) is 0 Å². The van der Waals surface area contributed by atoms with Gasteiger partial charge in [0.1, 0.15) is 0 Å². The number of nitrogens with zero attached hydrogens (tertiary/aromatic N) is 6. The van der Waals surface area contributed by atoms with Crippen molar-refractivity contribution in [3.8, 4) is 5.88 Å². The highest BCUT2D eigenvalue weighted by Crippen LogP contribution is 2.38. The van der Waals surface area contributed by atoms with Crippen molar-refractivity contribution in [2.24, 2.45) is 11.8 Å². The number of amides is 2. The van der Waals surface area contributed by atoms with Gasteiger partial charge in [0.15, 0.2) is 11.5 Å². The van der Waals surface area contributed by atoms with E-state index < -0.39 is 0 Å². The minimum absolute atomic E-state index is 0.208. The Hall–Kier alpha value is -2.71. The predicted molar refractivity (Wildman–Crippen MR) is 108 cm³/mol. The second kappa shape index (κ2) is 7.85. The number of carbonyl (C=O) groups excluding carboxylic acids is 2. The molecule has 3 aliphatic rings. The molecule has 0 aliphatic carbocycles. The van der Waals surface area contributed by atoms with E-state index in [-0.39, 0.29) is 5.91 Å². The molecular formula is C21H28N6O3. The monoisotopic (exact) mass is 412 g/mol. The molecule has 3 fully saturated rings. The topological polar surface area (TPSA) is 92.9 Å². The Morgan fingerprint density at radius 1 is 1.23 bits per heavy atom. The minimum Gasteiger partial charge on any atom is -0.480 e. The summed E-state index contributed by atoms with van der Waals surface area (Å²) in [4.78, 5) is 29.3. The van der Waals surface area contributed by atoms with Crippen LogP contribution in [-0.4, -0.2) is 74.2 Å². The van der Waals surface area contributed by atoms with E-state index in [2.05, 4.69) is 20.2 Å². The highest BCUT2D eigenvalue weighted by molar-refractivity contribution is 5.78. The molecule has 0 radical (unpaired) electrons. The number of carbonyl (C=O) groups is 2. The summed E-state index contributed by atoms with van der Waals surface area (Å²) in [6, 6.07) is 3.91. The fraction of sp³-hybridized carbons (Fsp3) is 0.667. The van der Waals surface area contributed by atoms with Crippen molar-refractivity contribution in [3.63, 3.8) is 0 Å². The molecular weight excluding hydrogens is 384 g/mol. The lowest BCUT2D eigenvalue weighted by Gasteiger charge is -2.52. The van der Waals surface area contributed by atoms with Crippen LogP contribution in [0.5, 0.6) is 5.88 Å². The summed E-state index contributed by atoms with van der Waals surface area (Å²) < 4.78 is 6.86. The fourth-order valence-corrected chi connectivity index (χ4v) is 5.45. The van der Waals surface area contributed by atoms with Crippen molar-refractivity contribution in [3.05, 3.63) is 18.0 Å². The van der Waals surface area contributed by atoms with Gasteiger partial charge in [-0.2, -0.15) is 4.52 Å². The minimum atomic E-state index is 0.208. The van der Waals surface area contributed by atoms with Crippen LogP contribution in [0.25, 0.3) is 5.65 Å². The van der Waals surface area contributed by atoms with E-state index in [0.29, 0.717) is 61.0 Å². The van der Waals surface area contributed by atoms with Gasteiger partial charge in [0.2, 0.25) is 17.7 Å². The first kappa shape index (κ1) is 19.3. The van der Waals surface area contributed by atoms with Crippen LogP contribution in [0.1, 0.15) is 44.3 Å². The Morgan fingerprint density at radius 3 is 3.00 bits per heavy atom. The molecule has 2 bridgehead atoms. The maximum atomic E-state index is 12.9. The summed E-state index contributed by atoms with van der Waals surface area (Å²) in [6.07, 6.45) is 5.75. The molecule has 3 saturated heterocycles. The molecule has 3 atom stereocenters. The van der Waals surface area contributed by atoms with Gasteiger partial charge in [0.05, 0.1) is 7.11 Å². The summed E-state index contributed by atoms with van der Waals surface area (Å²) in [5.74, 6) is 2.62.